The highest BCUT2D eigenvalue weighted by molar-refractivity contribution is 5.89. The van der Waals surface area contributed by atoms with Gasteiger partial charge in [0.1, 0.15) is 5.75 Å². The molecule has 1 saturated heterocycles. The van der Waals surface area contributed by atoms with Crippen molar-refractivity contribution in [3.63, 3.8) is 0 Å². The lowest BCUT2D eigenvalue weighted by Gasteiger charge is -2.36. The predicted octanol–water partition coefficient (Wildman–Crippen LogP) is 3.72. The van der Waals surface area contributed by atoms with Gasteiger partial charge in [0.05, 0.1) is 32.2 Å². The molecule has 10 nitrogen and oxygen atoms in total. The lowest BCUT2D eigenvalue weighted by Crippen LogP contribution is -2.48. The number of carbonyl (C=O) groups is 3. The van der Waals surface area contributed by atoms with Gasteiger partial charge in [0, 0.05) is 50.3 Å². The Morgan fingerprint density at radius 1 is 0.872 bits per heavy atom. The van der Waals surface area contributed by atoms with E-state index in [1.54, 1.807) is 24.8 Å². The largest absolute Gasteiger partial charge is 0.497 e. The number of ether oxygens (including phenoxy) is 3. The predicted molar refractivity (Wildman–Crippen MR) is 146 cm³/mol. The highest BCUT2D eigenvalue weighted by Crippen LogP contribution is 2.28. The van der Waals surface area contributed by atoms with E-state index in [1.165, 1.54) is 7.11 Å². The topological polar surface area (TPSA) is 103 Å². The van der Waals surface area contributed by atoms with Crippen molar-refractivity contribution in [1.82, 2.24) is 14.7 Å². The van der Waals surface area contributed by atoms with Crippen LogP contribution in [0.4, 0.5) is 5.69 Å². The van der Waals surface area contributed by atoms with E-state index in [4.69, 9.17) is 9.47 Å². The fraction of sp³-hybridized carbons (Fsp3) is 0.379. The highest BCUT2D eigenvalue weighted by Gasteiger charge is 2.22. The first-order chi connectivity index (χ1) is 18.9. The molecule has 0 spiro atoms. The molecule has 206 valence electrons. The number of piperazine rings is 1. The van der Waals surface area contributed by atoms with E-state index in [2.05, 4.69) is 14.7 Å². The van der Waals surface area contributed by atoms with Crippen LogP contribution in [0, 0.1) is 0 Å². The van der Waals surface area contributed by atoms with Gasteiger partial charge in [-0.25, -0.2) is 9.48 Å². The molecule has 0 unspecified atom stereocenters. The second-order valence-electron chi connectivity index (χ2n) is 9.09. The van der Waals surface area contributed by atoms with Crippen molar-refractivity contribution in [2.45, 2.75) is 26.2 Å². The average Bonchev–Trinajstić information content (AvgIpc) is 3.43. The fourth-order valence-corrected chi connectivity index (χ4v) is 4.51. The Bertz CT molecular complexity index is 1280. The molecule has 0 radical (unpaired) electrons. The molecule has 4 rings (SSSR count). The highest BCUT2D eigenvalue weighted by atomic mass is 16.5. The number of carbonyl (C=O) groups excluding carboxylic acids is 3. The molecule has 2 aromatic carbocycles. The van der Waals surface area contributed by atoms with Gasteiger partial charge < -0.3 is 24.0 Å². The van der Waals surface area contributed by atoms with Gasteiger partial charge in [-0.2, -0.15) is 5.10 Å². The number of rotatable bonds is 10. The number of methoxy groups -OCH3 is 2. The van der Waals surface area contributed by atoms with Crippen molar-refractivity contribution >= 4 is 23.5 Å². The Morgan fingerprint density at radius 2 is 1.54 bits per heavy atom. The molecule has 0 saturated carbocycles. The van der Waals surface area contributed by atoms with Crippen LogP contribution < -0.4 is 9.64 Å². The SMILES string of the molecule is CCOC(=O)c1cc(-c2ccc(N3CCN(C(=O)CCCC(=O)OC)CC3)cc2)n(-c2ccc(OC)cc2)n1. The second-order valence-corrected chi connectivity index (χ2v) is 9.09. The number of nitrogens with zero attached hydrogens (tertiary/aromatic N) is 4. The van der Waals surface area contributed by atoms with E-state index in [-0.39, 0.29) is 30.6 Å². The number of hydrogen-bond donors (Lipinski definition) is 0. The lowest BCUT2D eigenvalue weighted by molar-refractivity contribution is -0.140. The third-order valence-electron chi connectivity index (χ3n) is 6.67. The van der Waals surface area contributed by atoms with Gasteiger partial charge in [0.2, 0.25) is 5.91 Å². The maximum atomic E-state index is 12.5. The Morgan fingerprint density at radius 3 is 2.15 bits per heavy atom. The van der Waals surface area contributed by atoms with Gasteiger partial charge in [-0.15, -0.1) is 0 Å². The minimum absolute atomic E-state index is 0.0677. The number of anilines is 1. The van der Waals surface area contributed by atoms with E-state index in [0.29, 0.717) is 25.9 Å². The monoisotopic (exact) mass is 534 g/mol. The Hall–Kier alpha value is -4.34. The lowest BCUT2D eigenvalue weighted by atomic mass is 10.1. The summed E-state index contributed by atoms with van der Waals surface area (Å²) in [5.41, 5.74) is 3.74. The molecule has 1 aromatic heterocycles. The van der Waals surface area contributed by atoms with Crippen LogP contribution in [0.3, 0.4) is 0 Å². The zero-order chi connectivity index (χ0) is 27.8. The first-order valence-electron chi connectivity index (χ1n) is 13.0. The smallest absolute Gasteiger partial charge is 0.358 e. The van der Waals surface area contributed by atoms with Crippen molar-refractivity contribution in [1.29, 1.82) is 0 Å². The molecule has 1 aliphatic rings. The Kier molecular flexibility index (Phi) is 9.19. The summed E-state index contributed by atoms with van der Waals surface area (Å²) in [6.07, 6.45) is 1.10. The molecule has 39 heavy (non-hydrogen) atoms. The number of hydrogen-bond acceptors (Lipinski definition) is 8. The van der Waals surface area contributed by atoms with E-state index >= 15 is 0 Å². The minimum atomic E-state index is -0.472. The van der Waals surface area contributed by atoms with Crippen molar-refractivity contribution in [2.75, 3.05) is 51.9 Å². The molecule has 1 amide bonds. The van der Waals surface area contributed by atoms with E-state index in [0.717, 1.165) is 41.5 Å². The van der Waals surface area contributed by atoms with Gasteiger partial charge in [-0.1, -0.05) is 12.1 Å². The molecule has 10 heteroatoms. The summed E-state index contributed by atoms with van der Waals surface area (Å²) in [6, 6.07) is 17.3. The zero-order valence-corrected chi connectivity index (χ0v) is 22.6. The Balaban J connectivity index is 1.45. The first kappa shape index (κ1) is 27.7. The van der Waals surface area contributed by atoms with Crippen LogP contribution >= 0.6 is 0 Å². The Labute approximate surface area is 228 Å². The van der Waals surface area contributed by atoms with E-state index in [9.17, 15) is 14.4 Å². The standard InChI is InChI=1S/C29H34N4O6/c1-4-39-29(36)25-20-26(33(30-25)23-12-14-24(37-2)15-13-23)21-8-10-22(11-9-21)31-16-18-32(19-17-31)27(34)6-5-7-28(35)38-3/h8-15,20H,4-7,16-19H2,1-3H3. The van der Waals surface area contributed by atoms with E-state index < -0.39 is 5.97 Å². The molecule has 1 aliphatic heterocycles. The van der Waals surface area contributed by atoms with Gasteiger partial charge >= 0.3 is 11.9 Å². The minimum Gasteiger partial charge on any atom is -0.497 e. The van der Waals surface area contributed by atoms with Gasteiger partial charge in [-0.05, 0) is 55.8 Å². The molecule has 1 fully saturated rings. The summed E-state index contributed by atoms with van der Waals surface area (Å²) in [4.78, 5) is 40.3. The van der Waals surface area contributed by atoms with Gasteiger partial charge in [0.25, 0.3) is 0 Å². The number of esters is 2. The van der Waals surface area contributed by atoms with E-state index in [1.807, 2.05) is 53.4 Å². The van der Waals surface area contributed by atoms with Crippen molar-refractivity contribution in [2.24, 2.45) is 0 Å². The molecule has 2 heterocycles. The average molecular weight is 535 g/mol. The third-order valence-corrected chi connectivity index (χ3v) is 6.67. The molecular weight excluding hydrogens is 500 g/mol. The van der Waals surface area contributed by atoms with Crippen LogP contribution in [0.1, 0.15) is 36.7 Å². The summed E-state index contributed by atoms with van der Waals surface area (Å²) in [5, 5.41) is 4.53. The number of aromatic nitrogens is 2. The molecule has 0 bridgehead atoms. The summed E-state index contributed by atoms with van der Waals surface area (Å²) < 4.78 is 16.8. The molecule has 0 N–H and O–H groups in total. The van der Waals surface area contributed by atoms with Crippen LogP contribution in [-0.2, 0) is 19.1 Å². The van der Waals surface area contributed by atoms with Gasteiger partial charge in [0.15, 0.2) is 5.69 Å². The second kappa shape index (κ2) is 12.9. The van der Waals surface area contributed by atoms with Crippen molar-refractivity contribution in [3.05, 3.63) is 60.3 Å². The van der Waals surface area contributed by atoms with Crippen molar-refractivity contribution < 1.29 is 28.6 Å². The first-order valence-corrected chi connectivity index (χ1v) is 13.0. The summed E-state index contributed by atoms with van der Waals surface area (Å²) in [6.45, 7) is 4.74. The van der Waals surface area contributed by atoms with Crippen LogP contribution in [-0.4, -0.2) is 79.5 Å². The van der Waals surface area contributed by atoms with Crippen LogP contribution in [0.25, 0.3) is 16.9 Å². The van der Waals surface area contributed by atoms with Crippen molar-refractivity contribution in [3.8, 4) is 22.7 Å². The summed E-state index contributed by atoms with van der Waals surface area (Å²) >= 11 is 0. The van der Waals surface area contributed by atoms with Crippen LogP contribution in [0.2, 0.25) is 0 Å². The van der Waals surface area contributed by atoms with Crippen LogP contribution in [0.5, 0.6) is 5.75 Å². The molecular formula is C29H34N4O6. The normalized spacial score (nSPS) is 13.2. The van der Waals surface area contributed by atoms with Gasteiger partial charge in [-0.3, -0.25) is 9.59 Å². The third kappa shape index (κ3) is 6.76. The quantitative estimate of drug-likeness (QED) is 0.363. The summed E-state index contributed by atoms with van der Waals surface area (Å²) in [7, 11) is 2.96. The number of benzene rings is 2. The van der Waals surface area contributed by atoms with Crippen LogP contribution in [0.15, 0.2) is 54.6 Å². The maximum absolute atomic E-state index is 12.5. The summed E-state index contributed by atoms with van der Waals surface area (Å²) in [5.74, 6) is 0.0316. The maximum Gasteiger partial charge on any atom is 0.358 e. The zero-order valence-electron chi connectivity index (χ0n) is 22.6. The molecule has 3 aromatic rings. The fourth-order valence-electron chi connectivity index (χ4n) is 4.51. The number of amides is 1. The molecule has 0 atom stereocenters. The molecule has 0 aliphatic carbocycles.